The lowest BCUT2D eigenvalue weighted by Crippen LogP contribution is -2.41. The van der Waals surface area contributed by atoms with E-state index in [0.717, 1.165) is 21.7 Å². The quantitative estimate of drug-likeness (QED) is 0.817. The predicted molar refractivity (Wildman–Crippen MR) is 93.1 cm³/mol. The molecule has 1 N–H and O–H groups in total. The van der Waals surface area contributed by atoms with Crippen molar-refractivity contribution in [2.75, 3.05) is 0 Å². The van der Waals surface area contributed by atoms with E-state index in [0.29, 0.717) is 5.11 Å². The predicted octanol–water partition coefficient (Wildman–Crippen LogP) is 3.45. The number of hydrogen-bond acceptors (Lipinski definition) is 2. The summed E-state index contributed by atoms with van der Waals surface area (Å²) in [5.41, 5.74) is 4.43. The first-order chi connectivity index (χ1) is 10.3. The Kier molecular flexibility index (Phi) is 2.94. The van der Waals surface area contributed by atoms with Crippen LogP contribution in [0.2, 0.25) is 0 Å². The van der Waals surface area contributed by atoms with Gasteiger partial charge in [0.05, 0.1) is 17.7 Å². The van der Waals surface area contributed by atoms with Gasteiger partial charge < -0.3 is 5.32 Å². The van der Waals surface area contributed by atoms with Gasteiger partial charge in [0.2, 0.25) is 0 Å². The lowest BCUT2D eigenvalue weighted by Gasteiger charge is -2.30. The Balaban J connectivity index is 1.88. The van der Waals surface area contributed by atoms with Crippen molar-refractivity contribution >= 4 is 40.1 Å². The van der Waals surface area contributed by atoms with Crippen LogP contribution in [0.15, 0.2) is 59.6 Å². The molecule has 1 aliphatic carbocycles. The molecule has 0 saturated heterocycles. The largest absolute Gasteiger partial charge is 0.353 e. The van der Waals surface area contributed by atoms with Crippen LogP contribution in [-0.4, -0.2) is 15.7 Å². The van der Waals surface area contributed by atoms with Crippen LogP contribution in [0.1, 0.15) is 22.7 Å². The molecule has 2 aliphatic rings. The number of thiocarbonyl (C=S) groups is 2. The summed E-state index contributed by atoms with van der Waals surface area (Å²) in [6, 6.07) is 18.6. The standard InChI is InChI=1S/C17H12N2S2/c20-16-12-9-5-4-8-11(12)15-13(16)14(18-17(21)19-15)10-6-2-1-3-7-10/h1-9,13-14H,(H,18,21). The normalized spacial score (nSPS) is 23.1. The molecule has 1 heterocycles. The van der Waals surface area contributed by atoms with Gasteiger partial charge in [-0.3, -0.25) is 0 Å². The average molecular weight is 308 g/mol. The maximum Gasteiger partial charge on any atom is 0.193 e. The van der Waals surface area contributed by atoms with Crippen LogP contribution in [-0.2, 0) is 0 Å². The summed E-state index contributed by atoms with van der Waals surface area (Å²) in [5.74, 6) is 0.0755. The van der Waals surface area contributed by atoms with Crippen molar-refractivity contribution in [1.29, 1.82) is 0 Å². The van der Waals surface area contributed by atoms with Gasteiger partial charge >= 0.3 is 0 Å². The molecule has 4 heteroatoms. The molecule has 2 nitrogen and oxygen atoms in total. The second kappa shape index (κ2) is 4.83. The second-order valence-corrected chi connectivity index (χ2v) is 6.05. The van der Waals surface area contributed by atoms with Crippen molar-refractivity contribution in [3.63, 3.8) is 0 Å². The van der Waals surface area contributed by atoms with Crippen LogP contribution in [0, 0.1) is 5.92 Å². The number of hydrogen-bond donors (Lipinski definition) is 1. The summed E-state index contributed by atoms with van der Waals surface area (Å²) in [4.78, 5) is 5.51. The van der Waals surface area contributed by atoms with E-state index < -0.39 is 0 Å². The lowest BCUT2D eigenvalue weighted by atomic mass is 9.88. The van der Waals surface area contributed by atoms with Crippen molar-refractivity contribution in [3.8, 4) is 0 Å². The molecule has 0 radical (unpaired) electrons. The Bertz CT molecular complexity index is 780. The van der Waals surface area contributed by atoms with Gasteiger partial charge in [-0.05, 0) is 23.3 Å². The van der Waals surface area contributed by atoms with E-state index in [1.807, 2.05) is 30.3 Å². The molecule has 0 amide bonds. The molecule has 0 aromatic heterocycles. The minimum Gasteiger partial charge on any atom is -0.353 e. The van der Waals surface area contributed by atoms with Crippen molar-refractivity contribution in [3.05, 3.63) is 71.3 Å². The van der Waals surface area contributed by atoms with Crippen LogP contribution in [0.4, 0.5) is 0 Å². The van der Waals surface area contributed by atoms with Crippen molar-refractivity contribution in [2.24, 2.45) is 10.9 Å². The first-order valence-electron chi connectivity index (χ1n) is 6.83. The Morgan fingerprint density at radius 3 is 2.29 bits per heavy atom. The SMILES string of the molecule is S=C1N=C2c3ccccc3C(=S)C2C(c2ccccc2)N1. The monoisotopic (exact) mass is 308 g/mol. The Morgan fingerprint density at radius 1 is 0.857 bits per heavy atom. The number of rotatable bonds is 1. The molecule has 0 bridgehead atoms. The highest BCUT2D eigenvalue weighted by Crippen LogP contribution is 2.38. The molecule has 0 spiro atoms. The summed E-state index contributed by atoms with van der Waals surface area (Å²) in [6.07, 6.45) is 0. The third-order valence-corrected chi connectivity index (χ3v) is 4.72. The Morgan fingerprint density at radius 2 is 1.52 bits per heavy atom. The number of nitrogens with zero attached hydrogens (tertiary/aromatic N) is 1. The van der Waals surface area contributed by atoms with Crippen molar-refractivity contribution in [1.82, 2.24) is 5.32 Å². The van der Waals surface area contributed by atoms with Crippen LogP contribution < -0.4 is 5.32 Å². The highest BCUT2D eigenvalue weighted by atomic mass is 32.1. The molecular formula is C17H12N2S2. The smallest absolute Gasteiger partial charge is 0.193 e. The van der Waals surface area contributed by atoms with Crippen LogP contribution >= 0.6 is 24.4 Å². The molecule has 4 rings (SSSR count). The topological polar surface area (TPSA) is 24.4 Å². The number of fused-ring (bicyclic) bond motifs is 3. The minimum absolute atomic E-state index is 0.0612. The van der Waals surface area contributed by atoms with Gasteiger partial charge in [-0.25, -0.2) is 4.99 Å². The second-order valence-electron chi connectivity index (χ2n) is 5.22. The van der Waals surface area contributed by atoms with Crippen LogP contribution in [0.5, 0.6) is 0 Å². The fourth-order valence-corrected chi connectivity index (χ4v) is 3.76. The number of benzene rings is 2. The van der Waals surface area contributed by atoms with Crippen molar-refractivity contribution < 1.29 is 0 Å². The average Bonchev–Trinajstić information content (AvgIpc) is 2.81. The third-order valence-electron chi connectivity index (χ3n) is 4.04. The minimum atomic E-state index is 0.0612. The van der Waals surface area contributed by atoms with E-state index in [9.17, 15) is 0 Å². The zero-order valence-corrected chi connectivity index (χ0v) is 12.7. The van der Waals surface area contributed by atoms with E-state index in [1.54, 1.807) is 0 Å². The molecule has 0 saturated carbocycles. The molecule has 21 heavy (non-hydrogen) atoms. The molecule has 1 aliphatic heterocycles. The van der Waals surface area contributed by atoms with Gasteiger partial charge in [0.1, 0.15) is 0 Å². The molecular weight excluding hydrogens is 296 g/mol. The fourth-order valence-electron chi connectivity index (χ4n) is 3.11. The van der Waals surface area contributed by atoms with E-state index in [4.69, 9.17) is 24.4 Å². The molecule has 0 fully saturated rings. The molecule has 102 valence electrons. The first kappa shape index (κ1) is 12.8. The Hall–Kier alpha value is -1.91. The summed E-state index contributed by atoms with van der Waals surface area (Å²) < 4.78 is 0. The van der Waals surface area contributed by atoms with Crippen LogP contribution in [0.25, 0.3) is 0 Å². The highest BCUT2D eigenvalue weighted by molar-refractivity contribution is 7.81. The van der Waals surface area contributed by atoms with Gasteiger partial charge in [0.25, 0.3) is 0 Å². The maximum absolute atomic E-state index is 5.72. The zero-order chi connectivity index (χ0) is 14.4. The third kappa shape index (κ3) is 1.94. The summed E-state index contributed by atoms with van der Waals surface area (Å²) in [6.45, 7) is 0. The van der Waals surface area contributed by atoms with Gasteiger partial charge in [-0.15, -0.1) is 0 Å². The first-order valence-corrected chi connectivity index (χ1v) is 7.65. The van der Waals surface area contributed by atoms with Crippen LogP contribution in [0.3, 0.4) is 0 Å². The summed E-state index contributed by atoms with van der Waals surface area (Å²) in [5, 5.41) is 3.86. The fraction of sp³-hybridized carbons (Fsp3) is 0.118. The molecule has 2 aromatic carbocycles. The maximum atomic E-state index is 5.72. The van der Waals surface area contributed by atoms with E-state index in [-0.39, 0.29) is 12.0 Å². The molecule has 2 unspecified atom stereocenters. The lowest BCUT2D eigenvalue weighted by molar-refractivity contribution is 0.604. The van der Waals surface area contributed by atoms with Gasteiger partial charge in [0.15, 0.2) is 5.11 Å². The Labute approximate surface area is 133 Å². The van der Waals surface area contributed by atoms with Gasteiger partial charge in [-0.2, -0.15) is 0 Å². The van der Waals surface area contributed by atoms with Crippen molar-refractivity contribution in [2.45, 2.75) is 6.04 Å². The summed E-state index contributed by atoms with van der Waals surface area (Å²) in [7, 11) is 0. The summed E-state index contributed by atoms with van der Waals surface area (Å²) >= 11 is 11.1. The van der Waals surface area contributed by atoms with E-state index in [1.165, 1.54) is 5.56 Å². The molecule has 2 aromatic rings. The number of aliphatic imine (C=N–C) groups is 1. The van der Waals surface area contributed by atoms with Gasteiger partial charge in [0, 0.05) is 10.4 Å². The number of nitrogens with one attached hydrogen (secondary N) is 1. The van der Waals surface area contributed by atoms with E-state index >= 15 is 0 Å². The molecule has 2 atom stereocenters. The highest BCUT2D eigenvalue weighted by Gasteiger charge is 2.42. The van der Waals surface area contributed by atoms with E-state index in [2.05, 4.69) is 34.6 Å². The van der Waals surface area contributed by atoms with Gasteiger partial charge in [-0.1, -0.05) is 66.8 Å². The zero-order valence-electron chi connectivity index (χ0n) is 11.1.